The van der Waals surface area contributed by atoms with Crippen molar-refractivity contribution in [1.29, 1.82) is 0 Å². The molecule has 0 spiro atoms. The first-order valence-corrected chi connectivity index (χ1v) is 14.5. The van der Waals surface area contributed by atoms with E-state index in [4.69, 9.17) is 27.1 Å². The van der Waals surface area contributed by atoms with E-state index in [-0.39, 0.29) is 18.8 Å². The third-order valence-electron chi connectivity index (χ3n) is 7.25. The molecule has 3 heterocycles. The largest absolute Gasteiger partial charge is 0.488 e. The lowest BCUT2D eigenvalue weighted by Crippen LogP contribution is -2.38. The molecule has 42 heavy (non-hydrogen) atoms. The molecule has 0 aliphatic rings. The summed E-state index contributed by atoms with van der Waals surface area (Å²) in [5.74, 6) is 1.08. The van der Waals surface area contributed by atoms with E-state index in [1.54, 1.807) is 12.6 Å². The van der Waals surface area contributed by atoms with Crippen molar-refractivity contribution < 1.29 is 4.74 Å². The molecule has 6 aromatic rings. The Labute approximate surface area is 249 Å². The average molecular weight is 599 g/mol. The second-order valence-corrected chi connectivity index (χ2v) is 11.1. The molecule has 212 valence electrons. The molecule has 0 saturated heterocycles. The van der Waals surface area contributed by atoms with Crippen LogP contribution in [0.1, 0.15) is 16.0 Å². The van der Waals surface area contributed by atoms with Crippen molar-refractivity contribution in [3.8, 4) is 16.9 Å². The maximum Gasteiger partial charge on any atom is 0.332 e. The Morgan fingerprint density at radius 1 is 1.00 bits per heavy atom. The van der Waals surface area contributed by atoms with E-state index in [1.165, 1.54) is 23.0 Å². The molecule has 3 N–H and O–H groups in total. The van der Waals surface area contributed by atoms with Crippen LogP contribution >= 0.6 is 22.9 Å². The Morgan fingerprint density at radius 3 is 2.57 bits per heavy atom. The molecular formula is C31H27ClN6O3S. The Morgan fingerprint density at radius 2 is 1.81 bits per heavy atom. The minimum absolute atomic E-state index is 0.103. The van der Waals surface area contributed by atoms with Crippen LogP contribution in [-0.2, 0) is 33.8 Å². The van der Waals surface area contributed by atoms with E-state index in [2.05, 4.69) is 40.6 Å². The number of nitrogens with two attached hydrogens (primary N) is 1. The third-order valence-corrected chi connectivity index (χ3v) is 8.50. The van der Waals surface area contributed by atoms with Crippen molar-refractivity contribution in [3.63, 3.8) is 0 Å². The molecule has 9 nitrogen and oxygen atoms in total. The van der Waals surface area contributed by atoms with Gasteiger partial charge >= 0.3 is 5.69 Å². The van der Waals surface area contributed by atoms with E-state index in [0.29, 0.717) is 45.3 Å². The van der Waals surface area contributed by atoms with Crippen molar-refractivity contribution in [2.24, 2.45) is 19.8 Å². The number of benzene rings is 3. The fraction of sp³-hybridized carbons (Fsp3) is 0.161. The zero-order valence-electron chi connectivity index (χ0n) is 22.9. The molecule has 0 amide bonds. The van der Waals surface area contributed by atoms with Crippen molar-refractivity contribution in [1.82, 2.24) is 19.1 Å². The standard InChI is InChI=1S/C31H27ClN6O3S/c1-37-29-26(30(39)38(2)31(37)40)25(21-8-5-9-22(13-21)41-16-24-27(32)35-17-42-24)23(14-33)28(36-29)34-15-18-10-11-19-6-3-4-7-20(19)12-18/h3-13,17H,14-16,33H2,1-2H3,(H,34,36). The highest BCUT2D eigenvalue weighted by Gasteiger charge is 2.22. The summed E-state index contributed by atoms with van der Waals surface area (Å²) in [6.45, 7) is 0.821. The number of hydrogen-bond donors (Lipinski definition) is 2. The Balaban J connectivity index is 1.48. The van der Waals surface area contributed by atoms with Crippen LogP contribution in [0.25, 0.3) is 32.9 Å². The zero-order valence-corrected chi connectivity index (χ0v) is 24.5. The van der Waals surface area contributed by atoms with Crippen LogP contribution in [0.2, 0.25) is 5.15 Å². The first-order chi connectivity index (χ1) is 20.4. The lowest BCUT2D eigenvalue weighted by atomic mass is 9.96. The van der Waals surface area contributed by atoms with Crippen molar-refractivity contribution in [2.45, 2.75) is 19.7 Å². The number of rotatable bonds is 8. The molecule has 11 heteroatoms. The minimum atomic E-state index is -0.467. The molecule has 0 bridgehead atoms. The molecule has 0 radical (unpaired) electrons. The summed E-state index contributed by atoms with van der Waals surface area (Å²) in [6.07, 6.45) is 0. The molecular weight excluding hydrogens is 572 g/mol. The van der Waals surface area contributed by atoms with E-state index >= 15 is 0 Å². The van der Waals surface area contributed by atoms with Gasteiger partial charge in [0.15, 0.2) is 5.65 Å². The number of anilines is 1. The maximum absolute atomic E-state index is 13.6. The van der Waals surface area contributed by atoms with Gasteiger partial charge in [-0.05, 0) is 40.1 Å². The topological polar surface area (TPSA) is 117 Å². The molecule has 0 aliphatic carbocycles. The van der Waals surface area contributed by atoms with E-state index in [0.717, 1.165) is 25.8 Å². The van der Waals surface area contributed by atoms with E-state index in [1.807, 2.05) is 36.4 Å². The normalized spacial score (nSPS) is 11.3. The van der Waals surface area contributed by atoms with Crippen LogP contribution in [-0.4, -0.2) is 19.1 Å². The number of thiazole rings is 1. The predicted molar refractivity (Wildman–Crippen MR) is 168 cm³/mol. The number of fused-ring (bicyclic) bond motifs is 2. The van der Waals surface area contributed by atoms with Crippen LogP contribution in [0.5, 0.6) is 5.75 Å². The zero-order chi connectivity index (χ0) is 29.4. The predicted octanol–water partition coefficient (Wildman–Crippen LogP) is 5.21. The SMILES string of the molecule is Cn1c(=O)c2c(-c3cccc(OCc4scnc4Cl)c3)c(CN)c(NCc3ccc4ccccc4c3)nc2n(C)c1=O. The van der Waals surface area contributed by atoms with Crippen LogP contribution in [0.3, 0.4) is 0 Å². The van der Waals surface area contributed by atoms with Gasteiger partial charge in [-0.1, -0.05) is 60.1 Å². The summed E-state index contributed by atoms with van der Waals surface area (Å²) in [5.41, 5.74) is 10.4. The van der Waals surface area contributed by atoms with Crippen LogP contribution in [0, 0.1) is 0 Å². The van der Waals surface area contributed by atoms with Crippen LogP contribution in [0.4, 0.5) is 5.82 Å². The lowest BCUT2D eigenvalue weighted by Gasteiger charge is -2.19. The van der Waals surface area contributed by atoms with Crippen molar-refractivity contribution in [3.05, 3.63) is 114 Å². The third kappa shape index (κ3) is 5.04. The first-order valence-electron chi connectivity index (χ1n) is 13.2. The fourth-order valence-corrected chi connectivity index (χ4v) is 5.92. The van der Waals surface area contributed by atoms with Crippen molar-refractivity contribution in [2.75, 3.05) is 5.32 Å². The second kappa shape index (κ2) is 11.4. The van der Waals surface area contributed by atoms with E-state index < -0.39 is 11.2 Å². The number of aryl methyl sites for hydroxylation is 1. The van der Waals surface area contributed by atoms with Gasteiger partial charge < -0.3 is 15.8 Å². The maximum atomic E-state index is 13.6. The summed E-state index contributed by atoms with van der Waals surface area (Å²) in [7, 11) is 3.06. The van der Waals surface area contributed by atoms with Crippen molar-refractivity contribution >= 4 is 50.6 Å². The van der Waals surface area contributed by atoms with Crippen LogP contribution < -0.4 is 27.0 Å². The smallest absolute Gasteiger partial charge is 0.332 e. The highest BCUT2D eigenvalue weighted by atomic mass is 35.5. The molecule has 3 aromatic carbocycles. The Kier molecular flexibility index (Phi) is 7.51. The van der Waals surface area contributed by atoms with Gasteiger partial charge in [-0.2, -0.15) is 0 Å². The van der Waals surface area contributed by atoms with Gasteiger partial charge in [0, 0.05) is 38.3 Å². The number of halogens is 1. The summed E-state index contributed by atoms with van der Waals surface area (Å²) >= 11 is 7.56. The van der Waals surface area contributed by atoms with E-state index in [9.17, 15) is 9.59 Å². The summed E-state index contributed by atoms with van der Waals surface area (Å²) in [5, 5.41) is 6.42. The fourth-order valence-electron chi connectivity index (χ4n) is 5.06. The monoisotopic (exact) mass is 598 g/mol. The van der Waals surface area contributed by atoms with Gasteiger partial charge in [0.2, 0.25) is 0 Å². The molecule has 0 fully saturated rings. The number of nitrogens with zero attached hydrogens (tertiary/aromatic N) is 4. The molecule has 6 rings (SSSR count). The number of pyridine rings is 1. The summed E-state index contributed by atoms with van der Waals surface area (Å²) in [4.78, 5) is 36.1. The number of aromatic nitrogens is 4. The second-order valence-electron chi connectivity index (χ2n) is 9.84. The summed E-state index contributed by atoms with van der Waals surface area (Å²) in [6, 6.07) is 21.8. The molecule has 0 saturated carbocycles. The number of ether oxygens (including phenoxy) is 1. The van der Waals surface area contributed by atoms with Gasteiger partial charge in [0.1, 0.15) is 23.3 Å². The van der Waals surface area contributed by atoms with Gasteiger partial charge in [-0.25, -0.2) is 14.8 Å². The number of nitrogens with one attached hydrogen (secondary N) is 1. The lowest BCUT2D eigenvalue weighted by molar-refractivity contribution is 0.310. The summed E-state index contributed by atoms with van der Waals surface area (Å²) < 4.78 is 8.50. The number of hydrogen-bond acceptors (Lipinski definition) is 8. The molecule has 3 aromatic heterocycles. The molecule has 0 atom stereocenters. The van der Waals surface area contributed by atoms with Gasteiger partial charge in [0.25, 0.3) is 5.56 Å². The minimum Gasteiger partial charge on any atom is -0.488 e. The average Bonchev–Trinajstić information content (AvgIpc) is 3.44. The highest BCUT2D eigenvalue weighted by molar-refractivity contribution is 7.10. The molecule has 0 unspecified atom stereocenters. The Bertz CT molecular complexity index is 2080. The Hall–Kier alpha value is -4.51. The quantitative estimate of drug-likeness (QED) is 0.247. The van der Waals surface area contributed by atoms with Crippen LogP contribution in [0.15, 0.2) is 81.8 Å². The van der Waals surface area contributed by atoms with Gasteiger partial charge in [-0.3, -0.25) is 13.9 Å². The van der Waals surface area contributed by atoms with Gasteiger partial charge in [-0.15, -0.1) is 11.3 Å². The molecule has 0 aliphatic heterocycles. The highest BCUT2D eigenvalue weighted by Crippen LogP contribution is 2.35. The van der Waals surface area contributed by atoms with Gasteiger partial charge in [0.05, 0.1) is 15.8 Å². The first kappa shape index (κ1) is 27.6.